The number of aryl methyl sites for hydroxylation is 1. The average molecular weight is 251 g/mol. The van der Waals surface area contributed by atoms with Crippen LogP contribution in [0.4, 0.5) is 0 Å². The summed E-state index contributed by atoms with van der Waals surface area (Å²) < 4.78 is 1.91. The molecule has 1 aromatic carbocycles. The fraction of sp³-hybridized carbons (Fsp3) is 0.308. The molecule has 1 unspecified atom stereocenters. The smallest absolute Gasteiger partial charge is 0.110 e. The van der Waals surface area contributed by atoms with E-state index >= 15 is 0 Å². The summed E-state index contributed by atoms with van der Waals surface area (Å²) in [5.41, 5.74) is 0.968. The third kappa shape index (κ3) is 3.08. The number of hydrogen-bond acceptors (Lipinski definition) is 2. The fourth-order valence-electron chi connectivity index (χ4n) is 1.79. The van der Waals surface area contributed by atoms with Crippen LogP contribution in [0, 0.1) is 0 Å². The van der Waals surface area contributed by atoms with Gasteiger partial charge in [0.15, 0.2) is 0 Å². The number of hydrogen-bond donors (Lipinski definition) is 1. The lowest BCUT2D eigenvalue weighted by atomic mass is 10.1. The Labute approximate surface area is 106 Å². The van der Waals surface area contributed by atoms with E-state index in [4.69, 9.17) is 11.6 Å². The van der Waals surface area contributed by atoms with Gasteiger partial charge in [-0.3, -0.25) is 0 Å². The minimum Gasteiger partial charge on any atom is -0.392 e. The molecule has 90 valence electrons. The molecule has 4 heteroatoms. The Kier molecular flexibility index (Phi) is 3.82. The van der Waals surface area contributed by atoms with Gasteiger partial charge in [-0.2, -0.15) is 0 Å². The standard InChI is InChI=1S/C13H15ClN2O/c1-16-7-6-15-13(16)9-11(17)8-10-4-2-3-5-12(10)14/h2-7,11,17H,8-9H2,1H3. The normalized spacial score (nSPS) is 12.6. The Morgan fingerprint density at radius 2 is 2.12 bits per heavy atom. The van der Waals surface area contributed by atoms with E-state index in [2.05, 4.69) is 4.98 Å². The molecule has 1 aromatic heterocycles. The Balaban J connectivity index is 2.01. The van der Waals surface area contributed by atoms with Gasteiger partial charge in [-0.1, -0.05) is 29.8 Å². The van der Waals surface area contributed by atoms with Crippen LogP contribution in [0.3, 0.4) is 0 Å². The molecule has 1 heterocycles. The van der Waals surface area contributed by atoms with E-state index in [1.165, 1.54) is 0 Å². The lowest BCUT2D eigenvalue weighted by Gasteiger charge is -2.11. The molecule has 0 bridgehead atoms. The van der Waals surface area contributed by atoms with Gasteiger partial charge < -0.3 is 9.67 Å². The van der Waals surface area contributed by atoms with Crippen LogP contribution in [0.15, 0.2) is 36.7 Å². The van der Waals surface area contributed by atoms with E-state index in [1.54, 1.807) is 6.20 Å². The molecule has 0 saturated carbocycles. The first-order chi connectivity index (χ1) is 8.16. The molecule has 17 heavy (non-hydrogen) atoms. The Bertz CT molecular complexity index is 496. The van der Waals surface area contributed by atoms with Crippen LogP contribution >= 0.6 is 11.6 Å². The molecule has 1 N–H and O–H groups in total. The Morgan fingerprint density at radius 3 is 2.76 bits per heavy atom. The van der Waals surface area contributed by atoms with Crippen molar-refractivity contribution in [2.24, 2.45) is 7.05 Å². The van der Waals surface area contributed by atoms with Crippen molar-refractivity contribution >= 4 is 11.6 Å². The van der Waals surface area contributed by atoms with Gasteiger partial charge >= 0.3 is 0 Å². The molecule has 0 spiro atoms. The number of imidazole rings is 1. The first-order valence-corrected chi connectivity index (χ1v) is 5.92. The highest BCUT2D eigenvalue weighted by Gasteiger charge is 2.11. The van der Waals surface area contributed by atoms with Gasteiger partial charge in [-0.15, -0.1) is 0 Å². The van der Waals surface area contributed by atoms with Crippen LogP contribution in [-0.2, 0) is 19.9 Å². The van der Waals surface area contributed by atoms with Crippen LogP contribution < -0.4 is 0 Å². The number of aliphatic hydroxyl groups excluding tert-OH is 1. The second kappa shape index (κ2) is 5.34. The molecule has 2 aromatic rings. The lowest BCUT2D eigenvalue weighted by Crippen LogP contribution is -2.16. The molecule has 2 rings (SSSR count). The summed E-state index contributed by atoms with van der Waals surface area (Å²) in [5, 5.41) is 10.7. The molecule has 0 aliphatic carbocycles. The number of rotatable bonds is 4. The molecule has 0 saturated heterocycles. The van der Waals surface area contributed by atoms with Crippen molar-refractivity contribution in [2.45, 2.75) is 18.9 Å². The zero-order chi connectivity index (χ0) is 12.3. The van der Waals surface area contributed by atoms with Gasteiger partial charge in [0.2, 0.25) is 0 Å². The highest BCUT2D eigenvalue weighted by molar-refractivity contribution is 6.31. The molecule has 3 nitrogen and oxygen atoms in total. The number of benzene rings is 1. The largest absolute Gasteiger partial charge is 0.392 e. The van der Waals surface area contributed by atoms with Gasteiger partial charge in [0.25, 0.3) is 0 Å². The topological polar surface area (TPSA) is 38.0 Å². The maximum Gasteiger partial charge on any atom is 0.110 e. The van der Waals surface area contributed by atoms with Crippen LogP contribution in [0.5, 0.6) is 0 Å². The first kappa shape index (κ1) is 12.1. The van der Waals surface area contributed by atoms with Crippen molar-refractivity contribution in [2.75, 3.05) is 0 Å². The summed E-state index contributed by atoms with van der Waals surface area (Å²) in [7, 11) is 1.92. The summed E-state index contributed by atoms with van der Waals surface area (Å²) in [6.07, 6.45) is 4.23. The lowest BCUT2D eigenvalue weighted by molar-refractivity contribution is 0.172. The second-order valence-electron chi connectivity index (χ2n) is 4.11. The third-order valence-corrected chi connectivity index (χ3v) is 3.12. The van der Waals surface area contributed by atoms with Crippen molar-refractivity contribution in [3.05, 3.63) is 53.1 Å². The number of aromatic nitrogens is 2. The van der Waals surface area contributed by atoms with E-state index in [-0.39, 0.29) is 0 Å². The summed E-state index contributed by atoms with van der Waals surface area (Å²) in [6, 6.07) is 7.58. The Hall–Kier alpha value is -1.32. The maximum absolute atomic E-state index is 10.0. The van der Waals surface area contributed by atoms with Crippen molar-refractivity contribution in [1.29, 1.82) is 0 Å². The van der Waals surface area contributed by atoms with Crippen molar-refractivity contribution < 1.29 is 5.11 Å². The molecule has 0 aliphatic heterocycles. The SMILES string of the molecule is Cn1ccnc1CC(O)Cc1ccccc1Cl. The molecular weight excluding hydrogens is 236 g/mol. The number of halogens is 1. The van der Waals surface area contributed by atoms with Gasteiger partial charge in [0, 0.05) is 37.3 Å². The van der Waals surface area contributed by atoms with Crippen LogP contribution in [0.1, 0.15) is 11.4 Å². The van der Waals surface area contributed by atoms with E-state index in [0.717, 1.165) is 11.4 Å². The summed E-state index contributed by atoms with van der Waals surface area (Å²) in [6.45, 7) is 0. The number of nitrogens with zero attached hydrogens (tertiary/aromatic N) is 2. The van der Waals surface area contributed by atoms with Gasteiger partial charge in [0.1, 0.15) is 5.82 Å². The average Bonchev–Trinajstić information content (AvgIpc) is 2.68. The van der Waals surface area contributed by atoms with E-state index in [0.29, 0.717) is 17.9 Å². The molecule has 0 aliphatic rings. The zero-order valence-electron chi connectivity index (χ0n) is 9.68. The monoisotopic (exact) mass is 250 g/mol. The van der Waals surface area contributed by atoms with Crippen molar-refractivity contribution in [1.82, 2.24) is 9.55 Å². The molecule has 1 atom stereocenters. The first-order valence-electron chi connectivity index (χ1n) is 5.54. The van der Waals surface area contributed by atoms with Crippen LogP contribution in [0.25, 0.3) is 0 Å². The summed E-state index contributed by atoms with van der Waals surface area (Å²) in [5.74, 6) is 0.879. The fourth-order valence-corrected chi connectivity index (χ4v) is 2.01. The van der Waals surface area contributed by atoms with Crippen LogP contribution in [0.2, 0.25) is 5.02 Å². The predicted molar refractivity (Wildman–Crippen MR) is 68.1 cm³/mol. The summed E-state index contributed by atoms with van der Waals surface area (Å²) >= 11 is 6.05. The van der Waals surface area contributed by atoms with Gasteiger partial charge in [-0.05, 0) is 11.6 Å². The highest BCUT2D eigenvalue weighted by Crippen LogP contribution is 2.17. The van der Waals surface area contributed by atoms with E-state index in [9.17, 15) is 5.11 Å². The minimum atomic E-state index is -0.462. The molecule has 0 radical (unpaired) electrons. The number of aliphatic hydroxyl groups is 1. The predicted octanol–water partition coefficient (Wildman–Crippen LogP) is 2.22. The maximum atomic E-state index is 10.0. The Morgan fingerprint density at radius 1 is 1.35 bits per heavy atom. The quantitative estimate of drug-likeness (QED) is 0.904. The highest BCUT2D eigenvalue weighted by atomic mass is 35.5. The molecular formula is C13H15ClN2O. The molecule has 0 fully saturated rings. The molecule has 0 amide bonds. The zero-order valence-corrected chi connectivity index (χ0v) is 10.4. The van der Waals surface area contributed by atoms with Gasteiger partial charge in [-0.25, -0.2) is 4.98 Å². The summed E-state index contributed by atoms with van der Waals surface area (Å²) in [4.78, 5) is 4.19. The van der Waals surface area contributed by atoms with Crippen molar-refractivity contribution in [3.63, 3.8) is 0 Å². The minimum absolute atomic E-state index is 0.462. The van der Waals surface area contributed by atoms with E-state index < -0.39 is 6.10 Å². The second-order valence-corrected chi connectivity index (χ2v) is 4.52. The van der Waals surface area contributed by atoms with Crippen molar-refractivity contribution in [3.8, 4) is 0 Å². The van der Waals surface area contributed by atoms with Gasteiger partial charge in [0.05, 0.1) is 6.10 Å². The van der Waals surface area contributed by atoms with Crippen LogP contribution in [-0.4, -0.2) is 20.8 Å². The van der Waals surface area contributed by atoms with E-state index in [1.807, 2.05) is 42.1 Å². The third-order valence-electron chi connectivity index (χ3n) is 2.75.